The van der Waals surface area contributed by atoms with Gasteiger partial charge in [0, 0.05) is 25.6 Å². The van der Waals surface area contributed by atoms with Crippen molar-refractivity contribution < 1.29 is 13.2 Å². The van der Waals surface area contributed by atoms with Crippen molar-refractivity contribution in [2.75, 3.05) is 19.6 Å². The number of carbonyl (C=O) groups excluding carboxylic acids is 1. The summed E-state index contributed by atoms with van der Waals surface area (Å²) in [5, 5.41) is 0. The van der Waals surface area contributed by atoms with Gasteiger partial charge in [0.05, 0.1) is 4.90 Å². The number of hydrogen-bond donors (Lipinski definition) is 2. The summed E-state index contributed by atoms with van der Waals surface area (Å²) in [4.78, 5) is 14.5. The van der Waals surface area contributed by atoms with E-state index in [1.165, 1.54) is 12.0 Å². The van der Waals surface area contributed by atoms with Crippen molar-refractivity contribution in [1.29, 1.82) is 0 Å². The van der Waals surface area contributed by atoms with Crippen LogP contribution in [0.3, 0.4) is 0 Å². The molecule has 1 aromatic rings. The lowest BCUT2D eigenvalue weighted by Crippen LogP contribution is -2.37. The van der Waals surface area contributed by atoms with E-state index in [1.807, 2.05) is 17.9 Å². The maximum atomic E-state index is 12.5. The number of nitrogens with one attached hydrogen (secondary N) is 1. The van der Waals surface area contributed by atoms with E-state index in [-0.39, 0.29) is 24.9 Å². The average Bonchev–Trinajstić information content (AvgIpc) is 3.02. The van der Waals surface area contributed by atoms with E-state index in [4.69, 9.17) is 5.73 Å². The molecule has 0 saturated carbocycles. The number of likely N-dealkylation sites (tertiary alicyclic amines) is 1. The third-order valence-corrected chi connectivity index (χ3v) is 7.03. The monoisotopic (exact) mass is 379 g/mol. The molecule has 6 nitrogen and oxygen atoms in total. The highest BCUT2D eigenvalue weighted by atomic mass is 32.2. The zero-order valence-electron chi connectivity index (χ0n) is 15.4. The Kier molecular flexibility index (Phi) is 5.99. The Bertz CT molecular complexity index is 763. The number of amides is 1. The highest BCUT2D eigenvalue weighted by Crippen LogP contribution is 2.24. The van der Waals surface area contributed by atoms with Crippen molar-refractivity contribution in [3.05, 3.63) is 29.3 Å². The topological polar surface area (TPSA) is 92.5 Å². The molecule has 1 saturated heterocycles. The van der Waals surface area contributed by atoms with Crippen molar-refractivity contribution in [2.24, 2.45) is 11.7 Å². The quantitative estimate of drug-likeness (QED) is 0.782. The van der Waals surface area contributed by atoms with Crippen molar-refractivity contribution in [3.8, 4) is 0 Å². The van der Waals surface area contributed by atoms with Crippen molar-refractivity contribution in [2.45, 2.75) is 56.4 Å². The molecule has 1 amide bonds. The Hall–Kier alpha value is -1.44. The highest BCUT2D eigenvalue weighted by molar-refractivity contribution is 7.89. The molecule has 7 heteroatoms. The molecule has 1 aromatic carbocycles. The fraction of sp³-hybridized carbons (Fsp3) is 0.632. The number of aryl methyl sites for hydroxylation is 2. The first-order chi connectivity index (χ1) is 12.4. The van der Waals surface area contributed by atoms with E-state index in [1.54, 1.807) is 12.1 Å². The lowest BCUT2D eigenvalue weighted by atomic mass is 9.92. The molecule has 1 aliphatic heterocycles. The van der Waals surface area contributed by atoms with E-state index in [2.05, 4.69) is 4.72 Å². The van der Waals surface area contributed by atoms with Crippen LogP contribution in [0.5, 0.6) is 0 Å². The molecule has 2 unspecified atom stereocenters. The second-order valence-electron chi connectivity index (χ2n) is 7.52. The molecule has 2 aliphatic rings. The van der Waals surface area contributed by atoms with E-state index in [0.29, 0.717) is 23.9 Å². The minimum atomic E-state index is -3.58. The van der Waals surface area contributed by atoms with Gasteiger partial charge >= 0.3 is 0 Å². The summed E-state index contributed by atoms with van der Waals surface area (Å²) < 4.78 is 27.6. The molecule has 2 atom stereocenters. The Morgan fingerprint density at radius 1 is 1.27 bits per heavy atom. The number of hydrogen-bond acceptors (Lipinski definition) is 4. The van der Waals surface area contributed by atoms with Gasteiger partial charge in [-0.25, -0.2) is 13.1 Å². The van der Waals surface area contributed by atoms with Crippen LogP contribution >= 0.6 is 0 Å². The van der Waals surface area contributed by atoms with Crippen LogP contribution in [0.2, 0.25) is 0 Å². The number of benzene rings is 1. The van der Waals surface area contributed by atoms with Crippen LogP contribution in [0, 0.1) is 5.92 Å². The fourth-order valence-electron chi connectivity index (χ4n) is 4.06. The molecule has 1 fully saturated rings. The zero-order chi connectivity index (χ0) is 18.7. The lowest BCUT2D eigenvalue weighted by molar-refractivity contribution is -0.131. The van der Waals surface area contributed by atoms with Gasteiger partial charge < -0.3 is 10.6 Å². The average molecular weight is 380 g/mol. The summed E-state index contributed by atoms with van der Waals surface area (Å²) >= 11 is 0. The number of carbonyl (C=O) groups is 1. The molecule has 1 heterocycles. The maximum absolute atomic E-state index is 12.5. The third-order valence-electron chi connectivity index (χ3n) is 5.58. The van der Waals surface area contributed by atoms with E-state index in [9.17, 15) is 13.2 Å². The normalized spacial score (nSPS) is 23.1. The molecule has 0 bridgehead atoms. The van der Waals surface area contributed by atoms with Crippen LogP contribution < -0.4 is 10.5 Å². The molecule has 0 aromatic heterocycles. The number of sulfonamides is 1. The molecular formula is C19H29N3O3S. The Labute approximate surface area is 156 Å². The fourth-order valence-corrected chi connectivity index (χ4v) is 5.14. The SMILES string of the molecule is CC1CC(CN)CN1C(=O)CCNS(=O)(=O)c1ccc2c(c1)CCCC2. The minimum absolute atomic E-state index is 0.0124. The first-order valence-electron chi connectivity index (χ1n) is 9.51. The van der Waals surface area contributed by atoms with Crippen LogP contribution in [0.25, 0.3) is 0 Å². The second-order valence-corrected chi connectivity index (χ2v) is 9.28. The van der Waals surface area contributed by atoms with Crippen LogP contribution in [0.1, 0.15) is 43.7 Å². The van der Waals surface area contributed by atoms with E-state index >= 15 is 0 Å². The van der Waals surface area contributed by atoms with Gasteiger partial charge in [0.1, 0.15) is 0 Å². The number of rotatable bonds is 6. The van der Waals surface area contributed by atoms with E-state index in [0.717, 1.165) is 31.2 Å². The summed E-state index contributed by atoms with van der Waals surface area (Å²) in [5.74, 6) is 0.336. The van der Waals surface area contributed by atoms with Gasteiger partial charge in [-0.1, -0.05) is 6.07 Å². The van der Waals surface area contributed by atoms with Crippen molar-refractivity contribution >= 4 is 15.9 Å². The molecule has 3 rings (SSSR count). The predicted molar refractivity (Wildman–Crippen MR) is 101 cm³/mol. The first kappa shape index (κ1) is 19.3. The van der Waals surface area contributed by atoms with Crippen molar-refractivity contribution in [1.82, 2.24) is 9.62 Å². The van der Waals surface area contributed by atoms with Crippen LogP contribution in [-0.4, -0.2) is 44.9 Å². The van der Waals surface area contributed by atoms with E-state index < -0.39 is 10.0 Å². The summed E-state index contributed by atoms with van der Waals surface area (Å²) in [6.07, 6.45) is 5.33. The van der Waals surface area contributed by atoms with Gasteiger partial charge in [0.2, 0.25) is 15.9 Å². The Balaban J connectivity index is 1.56. The second kappa shape index (κ2) is 8.06. The molecule has 26 heavy (non-hydrogen) atoms. The van der Waals surface area contributed by atoms with Gasteiger partial charge in [-0.2, -0.15) is 0 Å². The smallest absolute Gasteiger partial charge is 0.240 e. The lowest BCUT2D eigenvalue weighted by Gasteiger charge is -2.21. The van der Waals surface area contributed by atoms with Gasteiger partial charge in [-0.15, -0.1) is 0 Å². The molecule has 1 aliphatic carbocycles. The molecule has 0 radical (unpaired) electrons. The zero-order valence-corrected chi connectivity index (χ0v) is 16.2. The summed E-state index contributed by atoms with van der Waals surface area (Å²) in [6, 6.07) is 5.55. The van der Waals surface area contributed by atoms with Crippen LogP contribution in [0.4, 0.5) is 0 Å². The predicted octanol–water partition coefficient (Wildman–Crippen LogP) is 1.43. The molecule has 3 N–H and O–H groups in total. The summed E-state index contributed by atoms with van der Waals surface area (Å²) in [5.41, 5.74) is 8.08. The first-order valence-corrected chi connectivity index (χ1v) is 11.0. The van der Waals surface area contributed by atoms with Gasteiger partial charge in [-0.05, 0) is 74.8 Å². The third kappa shape index (κ3) is 4.27. The Morgan fingerprint density at radius 2 is 2.00 bits per heavy atom. The van der Waals surface area contributed by atoms with Gasteiger partial charge in [0.25, 0.3) is 0 Å². The maximum Gasteiger partial charge on any atom is 0.240 e. The van der Waals surface area contributed by atoms with Crippen molar-refractivity contribution in [3.63, 3.8) is 0 Å². The minimum Gasteiger partial charge on any atom is -0.340 e. The molecule has 0 spiro atoms. The standard InChI is InChI=1S/C19H29N3O3S/c1-14-10-15(12-20)13-22(14)19(23)8-9-21-26(24,25)18-7-6-16-4-2-3-5-17(16)11-18/h6-7,11,14-15,21H,2-5,8-10,12-13,20H2,1H3. The number of fused-ring (bicyclic) bond motifs is 1. The summed E-state index contributed by atoms with van der Waals surface area (Å²) in [6.45, 7) is 3.40. The van der Waals surface area contributed by atoms with Gasteiger partial charge in [0.15, 0.2) is 0 Å². The number of nitrogens with zero attached hydrogens (tertiary/aromatic N) is 1. The molecular weight excluding hydrogens is 350 g/mol. The molecule has 144 valence electrons. The van der Waals surface area contributed by atoms with Gasteiger partial charge in [-0.3, -0.25) is 4.79 Å². The number of nitrogens with two attached hydrogens (primary N) is 1. The van der Waals surface area contributed by atoms with Crippen LogP contribution in [-0.2, 0) is 27.7 Å². The Morgan fingerprint density at radius 3 is 2.69 bits per heavy atom. The largest absolute Gasteiger partial charge is 0.340 e. The van der Waals surface area contributed by atoms with Crippen LogP contribution in [0.15, 0.2) is 23.1 Å². The highest BCUT2D eigenvalue weighted by Gasteiger charge is 2.31. The summed E-state index contributed by atoms with van der Waals surface area (Å²) in [7, 11) is -3.58.